The molecule has 0 spiro atoms. The van der Waals surface area contributed by atoms with Crippen LogP contribution in [0.1, 0.15) is 25.8 Å². The van der Waals surface area contributed by atoms with Gasteiger partial charge in [0.15, 0.2) is 10.8 Å². The molecule has 0 N–H and O–H groups in total. The number of hydrogen-bond donors (Lipinski definition) is 0. The van der Waals surface area contributed by atoms with E-state index in [-0.39, 0.29) is 6.10 Å². The number of thiazole rings is 1. The normalized spacial score (nSPS) is 24.4. The summed E-state index contributed by atoms with van der Waals surface area (Å²) in [5, 5.41) is 1.01. The second-order valence-electron chi connectivity index (χ2n) is 4.61. The van der Waals surface area contributed by atoms with Gasteiger partial charge in [0.05, 0.1) is 10.2 Å². The average molecular weight is 245 g/mol. The fourth-order valence-electron chi connectivity index (χ4n) is 2.13. The third kappa shape index (κ3) is 1.65. The summed E-state index contributed by atoms with van der Waals surface area (Å²) in [7, 11) is 0. The highest BCUT2D eigenvalue weighted by molar-refractivity contribution is 7.19. The van der Waals surface area contributed by atoms with Crippen molar-refractivity contribution >= 4 is 27.3 Å². The molecule has 2 aromatic rings. The predicted molar refractivity (Wildman–Crippen MR) is 71.9 cm³/mol. The van der Waals surface area contributed by atoms with Crippen molar-refractivity contribution in [1.82, 2.24) is 4.98 Å². The van der Waals surface area contributed by atoms with Crippen LogP contribution in [0.15, 0.2) is 29.8 Å². The Labute approximate surface area is 105 Å². The molecule has 2 heterocycles. The van der Waals surface area contributed by atoms with Crippen molar-refractivity contribution in [3.63, 3.8) is 0 Å². The summed E-state index contributed by atoms with van der Waals surface area (Å²) in [6, 6.07) is 8.22. The van der Waals surface area contributed by atoms with Crippen LogP contribution in [0.3, 0.4) is 0 Å². The lowest BCUT2D eigenvalue weighted by Crippen LogP contribution is -2.09. The second-order valence-corrected chi connectivity index (χ2v) is 5.64. The number of para-hydroxylation sites is 1. The molecule has 1 aromatic heterocycles. The van der Waals surface area contributed by atoms with Crippen LogP contribution < -0.4 is 0 Å². The minimum Gasteiger partial charge on any atom is -0.487 e. The summed E-state index contributed by atoms with van der Waals surface area (Å²) in [5.41, 5.74) is 2.38. The van der Waals surface area contributed by atoms with E-state index in [9.17, 15) is 0 Å². The van der Waals surface area contributed by atoms with E-state index in [1.165, 1.54) is 10.3 Å². The van der Waals surface area contributed by atoms with Crippen LogP contribution in [-0.2, 0) is 4.74 Å². The summed E-state index contributed by atoms with van der Waals surface area (Å²) >= 11 is 1.71. The van der Waals surface area contributed by atoms with E-state index >= 15 is 0 Å². The molecule has 0 amide bonds. The molecule has 0 saturated carbocycles. The molecule has 88 valence electrons. The van der Waals surface area contributed by atoms with Crippen LogP contribution >= 0.6 is 11.3 Å². The molecule has 2 unspecified atom stereocenters. The Balaban J connectivity index is 2.10. The molecule has 2 atom stereocenters. The van der Waals surface area contributed by atoms with Gasteiger partial charge in [-0.25, -0.2) is 4.98 Å². The Kier molecular flexibility index (Phi) is 2.44. The standard InChI is InChI=1S/C14H15NOS/c1-8-9(2)13(16-10(8)3)14-15-11-6-4-5-7-12(11)17-14/h4-8,10H,1-3H3. The van der Waals surface area contributed by atoms with Crippen molar-refractivity contribution in [3.05, 3.63) is 34.8 Å². The highest BCUT2D eigenvalue weighted by atomic mass is 32.1. The number of fused-ring (bicyclic) bond motifs is 1. The van der Waals surface area contributed by atoms with Crippen LogP contribution in [-0.4, -0.2) is 11.1 Å². The maximum atomic E-state index is 5.93. The number of ether oxygens (including phenoxy) is 1. The molecule has 0 radical (unpaired) electrons. The van der Waals surface area contributed by atoms with E-state index in [1.54, 1.807) is 11.3 Å². The zero-order valence-corrected chi connectivity index (χ0v) is 11.0. The van der Waals surface area contributed by atoms with Crippen LogP contribution in [0.2, 0.25) is 0 Å². The molecule has 17 heavy (non-hydrogen) atoms. The van der Waals surface area contributed by atoms with Gasteiger partial charge in [-0.1, -0.05) is 19.1 Å². The summed E-state index contributed by atoms with van der Waals surface area (Å²) < 4.78 is 7.15. The highest BCUT2D eigenvalue weighted by Gasteiger charge is 2.29. The first kappa shape index (κ1) is 10.8. The molecule has 1 aliphatic heterocycles. The molecule has 0 bridgehead atoms. The molecule has 0 fully saturated rings. The lowest BCUT2D eigenvalue weighted by Gasteiger charge is -2.09. The van der Waals surface area contributed by atoms with Gasteiger partial charge in [-0.3, -0.25) is 0 Å². The molecule has 0 aliphatic carbocycles. The van der Waals surface area contributed by atoms with E-state index in [0.717, 1.165) is 16.3 Å². The molecule has 1 aromatic carbocycles. The number of aromatic nitrogens is 1. The van der Waals surface area contributed by atoms with E-state index in [2.05, 4.69) is 31.8 Å². The Morgan fingerprint density at radius 2 is 2.00 bits per heavy atom. The second kappa shape index (κ2) is 3.84. The lowest BCUT2D eigenvalue weighted by atomic mass is 10.00. The van der Waals surface area contributed by atoms with Crippen LogP contribution in [0.25, 0.3) is 16.0 Å². The molecule has 2 nitrogen and oxygen atoms in total. The third-order valence-corrected chi connectivity index (χ3v) is 4.57. The minimum absolute atomic E-state index is 0.261. The number of rotatable bonds is 1. The van der Waals surface area contributed by atoms with Gasteiger partial charge in [0.1, 0.15) is 6.10 Å². The largest absolute Gasteiger partial charge is 0.487 e. The van der Waals surface area contributed by atoms with Crippen molar-refractivity contribution in [1.29, 1.82) is 0 Å². The zero-order valence-electron chi connectivity index (χ0n) is 10.2. The molecule has 3 rings (SSSR count). The molecular formula is C14H15NOS. The molecule has 1 aliphatic rings. The van der Waals surface area contributed by atoms with Gasteiger partial charge < -0.3 is 4.74 Å². The summed E-state index contributed by atoms with van der Waals surface area (Å²) in [4.78, 5) is 4.65. The highest BCUT2D eigenvalue weighted by Crippen LogP contribution is 2.38. The number of benzene rings is 1. The zero-order chi connectivity index (χ0) is 12.0. The maximum Gasteiger partial charge on any atom is 0.159 e. The topological polar surface area (TPSA) is 22.1 Å². The van der Waals surface area contributed by atoms with Gasteiger partial charge in [0.25, 0.3) is 0 Å². The van der Waals surface area contributed by atoms with Crippen LogP contribution in [0, 0.1) is 5.92 Å². The Hall–Kier alpha value is -1.35. The molecule has 0 saturated heterocycles. The Morgan fingerprint density at radius 3 is 2.65 bits per heavy atom. The first-order chi connectivity index (χ1) is 8.16. The fourth-order valence-corrected chi connectivity index (χ4v) is 3.15. The summed E-state index contributed by atoms with van der Waals surface area (Å²) in [6.45, 7) is 6.48. The fraction of sp³-hybridized carbons (Fsp3) is 0.357. The SMILES string of the molecule is CC1=C(c2nc3ccccc3s2)OC(C)C1C. The van der Waals surface area contributed by atoms with Gasteiger partial charge in [-0.15, -0.1) is 11.3 Å². The smallest absolute Gasteiger partial charge is 0.159 e. The van der Waals surface area contributed by atoms with Crippen LogP contribution in [0.4, 0.5) is 0 Å². The monoisotopic (exact) mass is 245 g/mol. The van der Waals surface area contributed by atoms with E-state index in [1.807, 2.05) is 18.2 Å². The molecule has 3 heteroatoms. The first-order valence-electron chi connectivity index (χ1n) is 5.90. The first-order valence-corrected chi connectivity index (χ1v) is 6.72. The quantitative estimate of drug-likeness (QED) is 0.755. The maximum absolute atomic E-state index is 5.93. The third-order valence-electron chi connectivity index (χ3n) is 3.54. The Bertz CT molecular complexity index is 566. The summed E-state index contributed by atoms with van der Waals surface area (Å²) in [6.07, 6.45) is 0.261. The van der Waals surface area contributed by atoms with Crippen molar-refractivity contribution < 1.29 is 4.74 Å². The van der Waals surface area contributed by atoms with E-state index in [4.69, 9.17) is 4.74 Å². The van der Waals surface area contributed by atoms with Crippen molar-refractivity contribution in [2.75, 3.05) is 0 Å². The van der Waals surface area contributed by atoms with Gasteiger partial charge in [0, 0.05) is 5.92 Å². The van der Waals surface area contributed by atoms with E-state index in [0.29, 0.717) is 5.92 Å². The van der Waals surface area contributed by atoms with E-state index < -0.39 is 0 Å². The molecular weight excluding hydrogens is 230 g/mol. The average Bonchev–Trinajstić information content (AvgIpc) is 2.86. The lowest BCUT2D eigenvalue weighted by molar-refractivity contribution is 0.176. The van der Waals surface area contributed by atoms with Crippen molar-refractivity contribution in [3.8, 4) is 0 Å². The predicted octanol–water partition coefficient (Wildman–Crippen LogP) is 4.08. The van der Waals surface area contributed by atoms with Crippen molar-refractivity contribution in [2.45, 2.75) is 26.9 Å². The number of hydrogen-bond acceptors (Lipinski definition) is 3. The van der Waals surface area contributed by atoms with Gasteiger partial charge in [-0.2, -0.15) is 0 Å². The van der Waals surface area contributed by atoms with Crippen molar-refractivity contribution in [2.24, 2.45) is 5.92 Å². The van der Waals surface area contributed by atoms with Crippen LogP contribution in [0.5, 0.6) is 0 Å². The minimum atomic E-state index is 0.261. The van der Waals surface area contributed by atoms with Gasteiger partial charge in [-0.05, 0) is 31.6 Å². The number of nitrogens with zero attached hydrogens (tertiary/aromatic N) is 1. The summed E-state index contributed by atoms with van der Waals surface area (Å²) in [5.74, 6) is 1.48. The Morgan fingerprint density at radius 1 is 1.24 bits per heavy atom. The van der Waals surface area contributed by atoms with Gasteiger partial charge >= 0.3 is 0 Å². The van der Waals surface area contributed by atoms with Gasteiger partial charge in [0.2, 0.25) is 0 Å².